The van der Waals surface area contributed by atoms with E-state index >= 15 is 0 Å². The number of aliphatic hydroxyl groups excluding tert-OH is 3. The summed E-state index contributed by atoms with van der Waals surface area (Å²) in [7, 11) is 0. The fraction of sp³-hybridized carbons (Fsp3) is 0.816. The standard InChI is InChI=1S/C76H121F5N2O21S3/c1-47-49(3)73(102-58(43-97-52(6)85)70(47)99-54(8)87)105-39-27-21-16-17-23-30-56(89)33-37-95-45-76(83-61(91)31-29-32-62(92)104-72-66(80)64(78)63(77)65(79)67(72)81,35-24-18-14-12-10-11-13-15-20-26-41-107-75-51(5)68(93)69(94)57(42-84)101-75)46-96-38-34-60(90)82-36-25-19-22-28-40-106-74-50(4)48(2)71(100-55(9)88)59(103-74)44-98-53(7)86/h47-51,57-59,68-71,73-75,84,93-94H,10-46H2,1-9H3,(H,82,90)(H,83,91). The molecule has 31 heteroatoms. The topological polar surface area (TPSA) is 314 Å². The van der Waals surface area contributed by atoms with Crippen molar-refractivity contribution in [1.29, 1.82) is 0 Å². The average molecular weight is 1590 g/mol. The molecular weight excluding hydrogens is 1470 g/mol. The first-order chi connectivity index (χ1) is 51.0. The van der Waals surface area contributed by atoms with E-state index in [0.717, 1.165) is 126 Å². The molecule has 0 aromatic heterocycles. The maximum absolute atomic E-state index is 14.4. The number of benzene rings is 1. The lowest BCUT2D eigenvalue weighted by Crippen LogP contribution is -2.55. The van der Waals surface area contributed by atoms with Gasteiger partial charge in [0.1, 0.15) is 71.9 Å². The van der Waals surface area contributed by atoms with Gasteiger partial charge >= 0.3 is 29.8 Å². The Labute approximate surface area is 641 Å². The van der Waals surface area contributed by atoms with Crippen LogP contribution in [-0.2, 0) is 81.0 Å². The molecule has 3 heterocycles. The quantitative estimate of drug-likeness (QED) is 0.00769. The summed E-state index contributed by atoms with van der Waals surface area (Å²) in [6.45, 7) is 15.0. The van der Waals surface area contributed by atoms with Crippen molar-refractivity contribution in [3.8, 4) is 5.75 Å². The van der Waals surface area contributed by atoms with Crippen LogP contribution in [-0.4, -0.2) is 197 Å². The molecule has 107 heavy (non-hydrogen) atoms. The number of halogens is 5. The Hall–Kier alpha value is -4.44. The number of ether oxygens (including phenoxy) is 10. The van der Waals surface area contributed by atoms with Gasteiger partial charge in [-0.15, -0.1) is 35.3 Å². The summed E-state index contributed by atoms with van der Waals surface area (Å²) in [5, 5.41) is 36.2. The van der Waals surface area contributed by atoms with Crippen LogP contribution < -0.4 is 15.4 Å². The highest BCUT2D eigenvalue weighted by molar-refractivity contribution is 8.00. The minimum atomic E-state index is -2.42. The Kier molecular flexibility index (Phi) is 46.1. The summed E-state index contributed by atoms with van der Waals surface area (Å²) >= 11 is 4.92. The van der Waals surface area contributed by atoms with Crippen molar-refractivity contribution in [3.63, 3.8) is 0 Å². The third kappa shape index (κ3) is 35.0. The zero-order chi connectivity index (χ0) is 79.0. The molecule has 0 saturated carbocycles. The van der Waals surface area contributed by atoms with Gasteiger partial charge in [-0.25, -0.2) is 13.2 Å². The highest BCUT2D eigenvalue weighted by Crippen LogP contribution is 2.41. The highest BCUT2D eigenvalue weighted by Gasteiger charge is 2.46. The Morgan fingerprint density at radius 2 is 0.869 bits per heavy atom. The molecule has 0 bridgehead atoms. The van der Waals surface area contributed by atoms with Crippen LogP contribution in [0.15, 0.2) is 0 Å². The second kappa shape index (κ2) is 52.0. The molecule has 3 aliphatic rings. The molecule has 0 radical (unpaired) electrons. The van der Waals surface area contributed by atoms with Gasteiger partial charge in [0.25, 0.3) is 0 Å². The molecule has 2 amide bonds. The second-order valence-corrected chi connectivity index (χ2v) is 32.3. The number of hydrogen-bond acceptors (Lipinski definition) is 24. The van der Waals surface area contributed by atoms with E-state index in [9.17, 15) is 75.6 Å². The van der Waals surface area contributed by atoms with E-state index < -0.39 is 125 Å². The molecule has 0 aliphatic carbocycles. The number of esters is 5. The predicted octanol–water partition coefficient (Wildman–Crippen LogP) is 12.3. The largest absolute Gasteiger partial charge is 0.463 e. The van der Waals surface area contributed by atoms with Gasteiger partial charge in [0, 0.05) is 84.1 Å². The first-order valence-electron chi connectivity index (χ1n) is 38.4. The van der Waals surface area contributed by atoms with Crippen LogP contribution in [0.3, 0.4) is 0 Å². The molecule has 1 aromatic carbocycles. The molecule has 3 saturated heterocycles. The van der Waals surface area contributed by atoms with Crippen LogP contribution in [0.4, 0.5) is 22.0 Å². The number of carbonyl (C=O) groups excluding carboxylic acids is 8. The first kappa shape index (κ1) is 94.9. The zero-order valence-corrected chi connectivity index (χ0v) is 66.6. The second-order valence-electron chi connectivity index (χ2n) is 28.7. The number of unbranched alkanes of at least 4 members (excludes halogenated alkanes) is 16. The number of hydrogen-bond donors (Lipinski definition) is 5. The van der Waals surface area contributed by atoms with Crippen LogP contribution >= 0.6 is 35.3 Å². The summed E-state index contributed by atoms with van der Waals surface area (Å²) in [5.41, 5.74) is -1.93. The molecule has 23 nitrogen and oxygen atoms in total. The van der Waals surface area contributed by atoms with E-state index in [-0.39, 0.29) is 130 Å². The molecule has 16 atom stereocenters. The zero-order valence-electron chi connectivity index (χ0n) is 64.1. The van der Waals surface area contributed by atoms with Crippen LogP contribution in [0, 0.1) is 58.7 Å². The van der Waals surface area contributed by atoms with Gasteiger partial charge < -0.3 is 73.3 Å². The van der Waals surface area contributed by atoms with Crippen LogP contribution in [0.5, 0.6) is 5.75 Å². The van der Waals surface area contributed by atoms with Crippen molar-refractivity contribution in [2.75, 3.05) is 70.1 Å². The summed E-state index contributed by atoms with van der Waals surface area (Å²) in [6, 6.07) is 0. The Bertz CT molecular complexity index is 2730. The minimum absolute atomic E-state index is 0.0120. The average Bonchev–Trinajstić information content (AvgIpc) is 0.824. The number of Topliss-reactive ketones (excluding diaryl/α,β-unsaturated/α-hetero) is 1. The molecule has 614 valence electrons. The van der Waals surface area contributed by atoms with Gasteiger partial charge in [-0.1, -0.05) is 125 Å². The normalized spacial score (nSPS) is 24.9. The lowest BCUT2D eigenvalue weighted by Gasteiger charge is -2.43. The Balaban J connectivity index is 1.32. The highest BCUT2D eigenvalue weighted by atomic mass is 32.2. The van der Waals surface area contributed by atoms with Gasteiger partial charge in [-0.3, -0.25) is 38.4 Å². The van der Waals surface area contributed by atoms with E-state index in [2.05, 4.69) is 22.3 Å². The predicted molar refractivity (Wildman–Crippen MR) is 395 cm³/mol. The van der Waals surface area contributed by atoms with Crippen molar-refractivity contribution >= 4 is 82.7 Å². The van der Waals surface area contributed by atoms with Crippen LogP contribution in [0.2, 0.25) is 0 Å². The van der Waals surface area contributed by atoms with Gasteiger partial charge in [0.2, 0.25) is 46.6 Å². The molecule has 0 spiro atoms. The number of ketones is 1. The SMILES string of the molecule is CC(=O)OCC1OC(SCCCCCCCC(=O)CCOCC(CCCCCCCCCCCCSC2OC(CO)C(O)C(O)C2C)(COCCC(=O)NCCCCCCSC2OC(COC(C)=O)C(OC(C)=O)C(C)C2C)NC(=O)CCCC(=O)Oc2c(F)c(F)c(F)c(F)c2F)C(C)C(C)C1OC(C)=O. The van der Waals surface area contributed by atoms with Crippen LogP contribution in [0.1, 0.15) is 229 Å². The van der Waals surface area contributed by atoms with E-state index in [4.69, 9.17) is 42.6 Å². The summed E-state index contributed by atoms with van der Waals surface area (Å²) in [6.07, 6.45) is 11.1. The summed E-state index contributed by atoms with van der Waals surface area (Å²) in [4.78, 5) is 100. The molecule has 1 aromatic rings. The number of aliphatic hydroxyl groups is 3. The lowest BCUT2D eigenvalue weighted by molar-refractivity contribution is -0.192. The lowest BCUT2D eigenvalue weighted by atomic mass is 9.85. The smallest absolute Gasteiger partial charge is 0.311 e. The molecule has 3 aliphatic heterocycles. The van der Waals surface area contributed by atoms with Gasteiger partial charge in [-0.2, -0.15) is 8.78 Å². The third-order valence-electron chi connectivity index (χ3n) is 19.8. The fourth-order valence-electron chi connectivity index (χ4n) is 13.1. The summed E-state index contributed by atoms with van der Waals surface area (Å²) in [5.74, 6) is -15.2. The number of carbonyl (C=O) groups is 8. The molecule has 4 rings (SSSR count). The Morgan fingerprint density at radius 1 is 0.449 bits per heavy atom. The first-order valence-corrected chi connectivity index (χ1v) is 41.5. The summed E-state index contributed by atoms with van der Waals surface area (Å²) < 4.78 is 127. The number of thioether (sulfide) groups is 3. The maximum atomic E-state index is 14.4. The van der Waals surface area contributed by atoms with Gasteiger partial charge in [0.05, 0.1) is 44.7 Å². The van der Waals surface area contributed by atoms with E-state index in [1.54, 1.807) is 35.3 Å². The number of rotatable bonds is 54. The van der Waals surface area contributed by atoms with E-state index in [0.29, 0.717) is 32.2 Å². The fourth-order valence-corrected chi connectivity index (χ4v) is 17.1. The van der Waals surface area contributed by atoms with Crippen molar-refractivity contribution in [1.82, 2.24) is 10.6 Å². The third-order valence-corrected chi connectivity index (χ3v) is 24.0. The van der Waals surface area contributed by atoms with Crippen molar-refractivity contribution in [3.05, 3.63) is 29.1 Å². The number of amides is 2. The Morgan fingerprint density at radius 3 is 1.34 bits per heavy atom. The van der Waals surface area contributed by atoms with Gasteiger partial charge in [-0.05, 0) is 74.0 Å². The van der Waals surface area contributed by atoms with E-state index in [1.165, 1.54) is 27.7 Å². The van der Waals surface area contributed by atoms with E-state index in [1.807, 2.05) is 27.7 Å². The maximum Gasteiger partial charge on any atom is 0.311 e. The minimum Gasteiger partial charge on any atom is -0.463 e. The molecule has 3 fully saturated rings. The van der Waals surface area contributed by atoms with Crippen LogP contribution in [0.25, 0.3) is 0 Å². The molecular formula is C76H121F5N2O21S3. The van der Waals surface area contributed by atoms with Crippen molar-refractivity contribution in [2.45, 2.75) is 294 Å². The van der Waals surface area contributed by atoms with Crippen molar-refractivity contribution < 1.29 is 123 Å². The molecule has 5 N–H and O–H groups in total. The number of nitrogens with one attached hydrogen (secondary N) is 2. The molecule has 16 unspecified atom stereocenters. The van der Waals surface area contributed by atoms with Crippen molar-refractivity contribution in [2.24, 2.45) is 29.6 Å². The monoisotopic (exact) mass is 1590 g/mol. The van der Waals surface area contributed by atoms with Gasteiger partial charge in [0.15, 0.2) is 0 Å².